The summed E-state index contributed by atoms with van der Waals surface area (Å²) < 4.78 is 37.5. The standard InChI is InChI=1S/C18H15ClF3NO2/c19-15-4-2-1-3-12(15)7-10-17(25)23-11-16(24)13-5-8-14(9-6-13)18(20,21)22/h1-10,16,24H,11H2,(H,23,25)/b10-7+. The molecule has 0 aliphatic rings. The summed E-state index contributed by atoms with van der Waals surface area (Å²) in [5.74, 6) is -0.453. The fourth-order valence-corrected chi connectivity index (χ4v) is 2.24. The van der Waals surface area contributed by atoms with E-state index in [1.54, 1.807) is 24.3 Å². The molecule has 0 aliphatic heterocycles. The van der Waals surface area contributed by atoms with E-state index in [9.17, 15) is 23.1 Å². The number of alkyl halides is 3. The van der Waals surface area contributed by atoms with Crippen LogP contribution in [0.15, 0.2) is 54.6 Å². The Morgan fingerprint density at radius 1 is 1.16 bits per heavy atom. The molecule has 132 valence electrons. The van der Waals surface area contributed by atoms with Crippen molar-refractivity contribution in [1.82, 2.24) is 5.32 Å². The monoisotopic (exact) mass is 369 g/mol. The zero-order chi connectivity index (χ0) is 18.4. The quantitative estimate of drug-likeness (QED) is 0.775. The van der Waals surface area contributed by atoms with Crippen LogP contribution in [0.5, 0.6) is 0 Å². The van der Waals surface area contributed by atoms with Crippen LogP contribution in [-0.2, 0) is 11.0 Å². The minimum atomic E-state index is -4.43. The molecule has 0 bridgehead atoms. The number of halogens is 4. The number of nitrogens with one attached hydrogen (secondary N) is 1. The number of aliphatic hydroxyl groups excluding tert-OH is 1. The van der Waals surface area contributed by atoms with Gasteiger partial charge in [0.2, 0.25) is 5.91 Å². The number of rotatable bonds is 5. The van der Waals surface area contributed by atoms with Gasteiger partial charge in [-0.05, 0) is 35.4 Å². The average molecular weight is 370 g/mol. The van der Waals surface area contributed by atoms with Crippen molar-refractivity contribution in [3.63, 3.8) is 0 Å². The number of benzene rings is 2. The number of aliphatic hydroxyl groups is 1. The van der Waals surface area contributed by atoms with Crippen molar-refractivity contribution in [3.05, 3.63) is 76.3 Å². The smallest absolute Gasteiger partial charge is 0.387 e. The Kier molecular flexibility index (Phi) is 6.22. The molecule has 0 spiro atoms. The lowest BCUT2D eigenvalue weighted by Crippen LogP contribution is -2.26. The molecule has 2 N–H and O–H groups in total. The molecule has 7 heteroatoms. The van der Waals surface area contributed by atoms with Gasteiger partial charge in [-0.2, -0.15) is 13.2 Å². The van der Waals surface area contributed by atoms with E-state index in [-0.39, 0.29) is 12.1 Å². The highest BCUT2D eigenvalue weighted by Crippen LogP contribution is 2.29. The van der Waals surface area contributed by atoms with Gasteiger partial charge >= 0.3 is 6.18 Å². The van der Waals surface area contributed by atoms with Crippen LogP contribution in [0.1, 0.15) is 22.8 Å². The van der Waals surface area contributed by atoms with E-state index in [4.69, 9.17) is 11.6 Å². The third-order valence-electron chi connectivity index (χ3n) is 3.41. The normalized spacial score (nSPS) is 13.0. The SMILES string of the molecule is O=C(/C=C/c1ccccc1Cl)NCC(O)c1ccc(C(F)(F)F)cc1. The molecule has 0 radical (unpaired) electrons. The highest BCUT2D eigenvalue weighted by Gasteiger charge is 2.30. The van der Waals surface area contributed by atoms with Gasteiger partial charge in [-0.1, -0.05) is 41.9 Å². The summed E-state index contributed by atoms with van der Waals surface area (Å²) in [5, 5.41) is 12.9. The summed E-state index contributed by atoms with van der Waals surface area (Å²) in [6, 6.07) is 11.1. The van der Waals surface area contributed by atoms with Gasteiger partial charge in [-0.15, -0.1) is 0 Å². The number of carbonyl (C=O) groups excluding carboxylic acids is 1. The average Bonchev–Trinajstić information content (AvgIpc) is 2.58. The third kappa shape index (κ3) is 5.62. The van der Waals surface area contributed by atoms with Gasteiger partial charge in [-0.3, -0.25) is 4.79 Å². The molecule has 2 rings (SSSR count). The molecule has 2 aromatic carbocycles. The molecular weight excluding hydrogens is 355 g/mol. The third-order valence-corrected chi connectivity index (χ3v) is 3.76. The summed E-state index contributed by atoms with van der Waals surface area (Å²) in [7, 11) is 0. The van der Waals surface area contributed by atoms with Crippen LogP contribution < -0.4 is 5.32 Å². The largest absolute Gasteiger partial charge is 0.416 e. The van der Waals surface area contributed by atoms with E-state index in [1.165, 1.54) is 24.3 Å². The van der Waals surface area contributed by atoms with Crippen LogP contribution in [0.25, 0.3) is 6.08 Å². The molecule has 3 nitrogen and oxygen atoms in total. The van der Waals surface area contributed by atoms with Crippen molar-refractivity contribution in [3.8, 4) is 0 Å². The van der Waals surface area contributed by atoms with Crippen molar-refractivity contribution in [1.29, 1.82) is 0 Å². The number of hydrogen-bond donors (Lipinski definition) is 2. The Labute approximate surface area is 147 Å². The molecule has 1 amide bonds. The molecular formula is C18H15ClF3NO2. The van der Waals surface area contributed by atoms with Crippen LogP contribution in [-0.4, -0.2) is 17.6 Å². The summed E-state index contributed by atoms with van der Waals surface area (Å²) in [6.45, 7) is -0.128. The van der Waals surface area contributed by atoms with E-state index in [0.29, 0.717) is 10.6 Å². The second kappa shape index (κ2) is 8.18. The topological polar surface area (TPSA) is 49.3 Å². The zero-order valence-electron chi connectivity index (χ0n) is 12.9. The van der Waals surface area contributed by atoms with Crippen LogP contribution in [0.4, 0.5) is 13.2 Å². The maximum absolute atomic E-state index is 12.5. The summed E-state index contributed by atoms with van der Waals surface area (Å²) >= 11 is 5.96. The molecule has 0 saturated carbocycles. The van der Waals surface area contributed by atoms with Gasteiger partial charge in [0, 0.05) is 17.6 Å². The van der Waals surface area contributed by atoms with Gasteiger partial charge in [0.25, 0.3) is 0 Å². The van der Waals surface area contributed by atoms with Crippen molar-refractivity contribution in [2.45, 2.75) is 12.3 Å². The van der Waals surface area contributed by atoms with Gasteiger partial charge in [0.1, 0.15) is 0 Å². The number of hydrogen-bond acceptors (Lipinski definition) is 2. The van der Waals surface area contributed by atoms with Crippen LogP contribution >= 0.6 is 11.6 Å². The fraction of sp³-hybridized carbons (Fsp3) is 0.167. The second-order valence-corrected chi connectivity index (χ2v) is 5.64. The van der Waals surface area contributed by atoms with Crippen molar-refractivity contribution >= 4 is 23.6 Å². The van der Waals surface area contributed by atoms with E-state index >= 15 is 0 Å². The Morgan fingerprint density at radius 3 is 2.40 bits per heavy atom. The predicted octanol–water partition coefficient (Wildman–Crippen LogP) is 4.22. The van der Waals surface area contributed by atoms with Gasteiger partial charge in [0.05, 0.1) is 11.7 Å². The number of carbonyl (C=O) groups is 1. The summed E-state index contributed by atoms with van der Waals surface area (Å²) in [5.41, 5.74) is 0.154. The van der Waals surface area contributed by atoms with Crippen molar-refractivity contribution in [2.24, 2.45) is 0 Å². The Hall–Kier alpha value is -2.31. The Morgan fingerprint density at radius 2 is 1.80 bits per heavy atom. The molecule has 1 unspecified atom stereocenters. The van der Waals surface area contributed by atoms with E-state index in [0.717, 1.165) is 12.1 Å². The first kappa shape index (κ1) is 19.0. The van der Waals surface area contributed by atoms with Crippen LogP contribution in [0.3, 0.4) is 0 Å². The maximum Gasteiger partial charge on any atom is 0.416 e. The fourth-order valence-electron chi connectivity index (χ4n) is 2.04. The Balaban J connectivity index is 1.90. The molecule has 0 aliphatic carbocycles. The first-order valence-electron chi connectivity index (χ1n) is 7.33. The first-order valence-corrected chi connectivity index (χ1v) is 7.71. The molecule has 25 heavy (non-hydrogen) atoms. The number of amides is 1. The molecule has 2 aromatic rings. The predicted molar refractivity (Wildman–Crippen MR) is 89.9 cm³/mol. The van der Waals surface area contributed by atoms with E-state index in [1.807, 2.05) is 0 Å². The Bertz CT molecular complexity index is 758. The highest BCUT2D eigenvalue weighted by molar-refractivity contribution is 6.32. The van der Waals surface area contributed by atoms with Crippen molar-refractivity contribution in [2.75, 3.05) is 6.54 Å². The molecule has 0 saturated heterocycles. The van der Waals surface area contributed by atoms with Gasteiger partial charge in [-0.25, -0.2) is 0 Å². The van der Waals surface area contributed by atoms with Crippen LogP contribution in [0.2, 0.25) is 5.02 Å². The zero-order valence-corrected chi connectivity index (χ0v) is 13.7. The maximum atomic E-state index is 12.5. The molecule has 0 aromatic heterocycles. The minimum absolute atomic E-state index is 0.128. The van der Waals surface area contributed by atoms with Gasteiger partial charge < -0.3 is 10.4 Å². The highest BCUT2D eigenvalue weighted by atomic mass is 35.5. The molecule has 0 heterocycles. The lowest BCUT2D eigenvalue weighted by atomic mass is 10.1. The first-order chi connectivity index (χ1) is 11.8. The van der Waals surface area contributed by atoms with Gasteiger partial charge in [0.15, 0.2) is 0 Å². The summed E-state index contributed by atoms with van der Waals surface area (Å²) in [4.78, 5) is 11.7. The van der Waals surface area contributed by atoms with E-state index < -0.39 is 23.8 Å². The summed E-state index contributed by atoms with van der Waals surface area (Å²) in [6.07, 6.45) is -2.75. The van der Waals surface area contributed by atoms with Crippen molar-refractivity contribution < 1.29 is 23.1 Å². The molecule has 1 atom stereocenters. The van der Waals surface area contributed by atoms with Crippen LogP contribution in [0, 0.1) is 0 Å². The molecule has 0 fully saturated rings. The second-order valence-electron chi connectivity index (χ2n) is 5.24. The minimum Gasteiger partial charge on any atom is -0.387 e. The lowest BCUT2D eigenvalue weighted by molar-refractivity contribution is -0.137. The lowest BCUT2D eigenvalue weighted by Gasteiger charge is -2.13. The van der Waals surface area contributed by atoms with E-state index in [2.05, 4.69) is 5.32 Å².